The minimum absolute atomic E-state index is 0.0444. The summed E-state index contributed by atoms with van der Waals surface area (Å²) in [6.45, 7) is 0.133. The van der Waals surface area contributed by atoms with Crippen LogP contribution in [0.1, 0.15) is 16.7 Å². The van der Waals surface area contributed by atoms with Crippen molar-refractivity contribution in [3.63, 3.8) is 0 Å². The predicted octanol–water partition coefficient (Wildman–Crippen LogP) is 1.70. The number of halogens is 3. The van der Waals surface area contributed by atoms with Gasteiger partial charge in [-0.1, -0.05) is 12.1 Å². The molecule has 0 fully saturated rings. The van der Waals surface area contributed by atoms with Crippen molar-refractivity contribution >= 4 is 0 Å². The third kappa shape index (κ3) is 2.87. The van der Waals surface area contributed by atoms with E-state index in [0.29, 0.717) is 11.1 Å². The first-order chi connectivity index (χ1) is 8.91. The first-order valence-electron chi connectivity index (χ1n) is 5.55. The highest BCUT2D eigenvalue weighted by Crippen LogP contribution is 2.29. The number of H-pyrrole nitrogens is 1. The smallest absolute Gasteiger partial charge is 0.326 e. The van der Waals surface area contributed by atoms with E-state index < -0.39 is 11.7 Å². The van der Waals surface area contributed by atoms with Crippen LogP contribution < -0.4 is 11.3 Å². The van der Waals surface area contributed by atoms with Crippen LogP contribution in [0.5, 0.6) is 0 Å². The Morgan fingerprint density at radius 1 is 1.32 bits per heavy atom. The van der Waals surface area contributed by atoms with E-state index in [0.717, 1.165) is 12.1 Å². The first kappa shape index (κ1) is 13.4. The van der Waals surface area contributed by atoms with Gasteiger partial charge in [-0.15, -0.1) is 0 Å². The Labute approximate surface area is 106 Å². The average molecular weight is 271 g/mol. The van der Waals surface area contributed by atoms with Crippen molar-refractivity contribution in [2.24, 2.45) is 5.73 Å². The Hall–Kier alpha value is -2.02. The largest absolute Gasteiger partial charge is 0.416 e. The SMILES string of the molecule is NCc1c[nH]n(Cc2cccc(C(F)(F)F)c2)c1=O. The summed E-state index contributed by atoms with van der Waals surface area (Å²) in [6.07, 6.45) is -2.94. The second-order valence-electron chi connectivity index (χ2n) is 4.09. The summed E-state index contributed by atoms with van der Waals surface area (Å²) in [4.78, 5) is 11.7. The van der Waals surface area contributed by atoms with Crippen molar-refractivity contribution < 1.29 is 13.2 Å². The van der Waals surface area contributed by atoms with Gasteiger partial charge in [-0.2, -0.15) is 13.2 Å². The first-order valence-corrected chi connectivity index (χ1v) is 5.55. The molecule has 0 aliphatic carbocycles. The van der Waals surface area contributed by atoms with E-state index in [1.54, 1.807) is 0 Å². The van der Waals surface area contributed by atoms with E-state index in [-0.39, 0.29) is 18.6 Å². The van der Waals surface area contributed by atoms with Gasteiger partial charge in [0.05, 0.1) is 12.1 Å². The van der Waals surface area contributed by atoms with Crippen LogP contribution in [-0.4, -0.2) is 9.78 Å². The van der Waals surface area contributed by atoms with Gasteiger partial charge >= 0.3 is 6.18 Å². The van der Waals surface area contributed by atoms with Gasteiger partial charge in [0.25, 0.3) is 5.56 Å². The number of hydrogen-bond donors (Lipinski definition) is 2. The van der Waals surface area contributed by atoms with Crippen molar-refractivity contribution in [2.45, 2.75) is 19.3 Å². The molecule has 4 nitrogen and oxygen atoms in total. The van der Waals surface area contributed by atoms with E-state index in [1.807, 2.05) is 0 Å². The second-order valence-corrected chi connectivity index (χ2v) is 4.09. The van der Waals surface area contributed by atoms with Gasteiger partial charge in [-0.3, -0.25) is 4.79 Å². The van der Waals surface area contributed by atoms with Crippen LogP contribution in [0.3, 0.4) is 0 Å². The molecule has 3 N–H and O–H groups in total. The van der Waals surface area contributed by atoms with Gasteiger partial charge < -0.3 is 10.8 Å². The van der Waals surface area contributed by atoms with Crippen LogP contribution in [0.2, 0.25) is 0 Å². The number of rotatable bonds is 3. The molecule has 0 saturated heterocycles. The molecule has 0 unspecified atom stereocenters. The minimum atomic E-state index is -4.39. The molecule has 102 valence electrons. The lowest BCUT2D eigenvalue weighted by atomic mass is 10.1. The molecule has 19 heavy (non-hydrogen) atoms. The maximum Gasteiger partial charge on any atom is 0.416 e. The molecule has 2 aromatic rings. The molecular weight excluding hydrogens is 259 g/mol. The zero-order valence-electron chi connectivity index (χ0n) is 9.87. The van der Waals surface area contributed by atoms with Gasteiger partial charge in [0.1, 0.15) is 0 Å². The van der Waals surface area contributed by atoms with Crippen LogP contribution in [0.25, 0.3) is 0 Å². The van der Waals surface area contributed by atoms with Crippen molar-refractivity contribution in [1.82, 2.24) is 9.78 Å². The molecule has 0 aliphatic heterocycles. The molecule has 1 aromatic carbocycles. The monoisotopic (exact) mass is 271 g/mol. The number of hydrogen-bond acceptors (Lipinski definition) is 2. The topological polar surface area (TPSA) is 63.8 Å². The maximum atomic E-state index is 12.6. The number of nitrogens with one attached hydrogen (secondary N) is 1. The number of aromatic nitrogens is 2. The molecule has 1 heterocycles. The van der Waals surface area contributed by atoms with E-state index in [4.69, 9.17) is 5.73 Å². The fourth-order valence-corrected chi connectivity index (χ4v) is 1.74. The van der Waals surface area contributed by atoms with Gasteiger partial charge in [-0.05, 0) is 17.7 Å². The lowest BCUT2D eigenvalue weighted by molar-refractivity contribution is -0.137. The van der Waals surface area contributed by atoms with Crippen molar-refractivity contribution in [1.29, 1.82) is 0 Å². The van der Waals surface area contributed by atoms with Crippen LogP contribution >= 0.6 is 0 Å². The highest BCUT2D eigenvalue weighted by Gasteiger charge is 2.30. The summed E-state index contributed by atoms with van der Waals surface area (Å²) in [7, 11) is 0. The quantitative estimate of drug-likeness (QED) is 0.892. The molecule has 1 aromatic heterocycles. The summed E-state index contributed by atoms with van der Waals surface area (Å²) in [5.41, 5.74) is 5.09. The van der Waals surface area contributed by atoms with Gasteiger partial charge in [0.2, 0.25) is 0 Å². The molecule has 0 spiro atoms. The van der Waals surface area contributed by atoms with Crippen LogP contribution in [-0.2, 0) is 19.3 Å². The van der Waals surface area contributed by atoms with Gasteiger partial charge in [0.15, 0.2) is 0 Å². The number of nitrogens with two attached hydrogens (primary N) is 1. The van der Waals surface area contributed by atoms with E-state index in [9.17, 15) is 18.0 Å². The minimum Gasteiger partial charge on any atom is -0.326 e. The van der Waals surface area contributed by atoms with Crippen LogP contribution in [0.15, 0.2) is 35.3 Å². The lowest BCUT2D eigenvalue weighted by Gasteiger charge is -2.08. The fourth-order valence-electron chi connectivity index (χ4n) is 1.74. The zero-order chi connectivity index (χ0) is 14.0. The number of nitrogens with zero attached hydrogens (tertiary/aromatic N) is 1. The van der Waals surface area contributed by atoms with E-state index in [2.05, 4.69) is 5.10 Å². The Kier molecular flexibility index (Phi) is 3.48. The summed E-state index contributed by atoms with van der Waals surface area (Å²) in [5.74, 6) is 0. The van der Waals surface area contributed by atoms with Gasteiger partial charge in [0, 0.05) is 18.3 Å². The van der Waals surface area contributed by atoms with Crippen LogP contribution in [0, 0.1) is 0 Å². The predicted molar refractivity (Wildman–Crippen MR) is 63.5 cm³/mol. The summed E-state index contributed by atoms with van der Waals surface area (Å²) in [6, 6.07) is 4.86. The van der Waals surface area contributed by atoms with Crippen LogP contribution in [0.4, 0.5) is 13.2 Å². The third-order valence-electron chi connectivity index (χ3n) is 2.73. The van der Waals surface area contributed by atoms with Crippen molar-refractivity contribution in [3.05, 3.63) is 57.5 Å². The standard InChI is InChI=1S/C12H12F3N3O/c13-12(14,15)10-3-1-2-8(4-10)7-18-11(19)9(5-16)6-17-18/h1-4,6,17H,5,7,16H2. The van der Waals surface area contributed by atoms with E-state index in [1.165, 1.54) is 23.0 Å². The summed E-state index contributed by atoms with van der Waals surface area (Å²) in [5, 5.41) is 2.67. The molecule has 0 bridgehead atoms. The van der Waals surface area contributed by atoms with Crippen molar-refractivity contribution in [2.75, 3.05) is 0 Å². The highest BCUT2D eigenvalue weighted by atomic mass is 19.4. The number of aromatic amines is 1. The van der Waals surface area contributed by atoms with E-state index >= 15 is 0 Å². The molecule has 2 rings (SSSR count). The summed E-state index contributed by atoms with van der Waals surface area (Å²) < 4.78 is 38.9. The second kappa shape index (κ2) is 4.93. The summed E-state index contributed by atoms with van der Waals surface area (Å²) >= 11 is 0. The molecule has 0 radical (unpaired) electrons. The Bertz CT molecular complexity index is 628. The zero-order valence-corrected chi connectivity index (χ0v) is 9.87. The Morgan fingerprint density at radius 3 is 2.63 bits per heavy atom. The lowest BCUT2D eigenvalue weighted by Crippen LogP contribution is -2.21. The number of benzene rings is 1. The number of alkyl halides is 3. The third-order valence-corrected chi connectivity index (χ3v) is 2.73. The molecular formula is C12H12F3N3O. The Morgan fingerprint density at radius 2 is 2.05 bits per heavy atom. The normalized spacial score (nSPS) is 11.8. The molecule has 0 aliphatic rings. The van der Waals surface area contributed by atoms with Crippen molar-refractivity contribution in [3.8, 4) is 0 Å². The van der Waals surface area contributed by atoms with Gasteiger partial charge in [-0.25, -0.2) is 4.68 Å². The highest BCUT2D eigenvalue weighted by molar-refractivity contribution is 5.26. The molecule has 0 amide bonds. The fraction of sp³-hybridized carbons (Fsp3) is 0.250. The molecule has 0 atom stereocenters. The molecule has 7 heteroatoms. The Balaban J connectivity index is 2.29. The average Bonchev–Trinajstić information content (AvgIpc) is 2.70. The molecule has 0 saturated carbocycles. The maximum absolute atomic E-state index is 12.6.